The van der Waals surface area contributed by atoms with E-state index in [0.717, 1.165) is 42.7 Å². The van der Waals surface area contributed by atoms with E-state index in [1.165, 1.54) is 4.90 Å². The maximum absolute atomic E-state index is 12.6. The summed E-state index contributed by atoms with van der Waals surface area (Å²) in [6, 6.07) is 5.40. The number of benzene rings is 1. The lowest BCUT2D eigenvalue weighted by molar-refractivity contribution is -0.131. The van der Waals surface area contributed by atoms with Crippen molar-refractivity contribution in [1.82, 2.24) is 10.2 Å². The highest BCUT2D eigenvalue weighted by Gasteiger charge is 2.51. The maximum atomic E-state index is 12.6. The van der Waals surface area contributed by atoms with Crippen molar-refractivity contribution in [3.05, 3.63) is 23.8 Å². The lowest BCUT2D eigenvalue weighted by atomic mass is 9.98. The summed E-state index contributed by atoms with van der Waals surface area (Å²) in [6.07, 6.45) is 4.93. The zero-order valence-electron chi connectivity index (χ0n) is 14.3. The molecule has 1 spiro atoms. The summed E-state index contributed by atoms with van der Waals surface area (Å²) in [5.41, 5.74) is 0.393. The van der Waals surface area contributed by atoms with Crippen LogP contribution in [-0.2, 0) is 11.2 Å². The van der Waals surface area contributed by atoms with Crippen LogP contribution in [0.15, 0.2) is 18.2 Å². The molecule has 1 aliphatic heterocycles. The third-order valence-electron chi connectivity index (χ3n) is 5.02. The molecule has 6 nitrogen and oxygen atoms in total. The van der Waals surface area contributed by atoms with Gasteiger partial charge in [0, 0.05) is 6.54 Å². The zero-order valence-corrected chi connectivity index (χ0v) is 14.3. The topological polar surface area (TPSA) is 67.9 Å². The number of carbonyl (C=O) groups is 2. The number of imide groups is 1. The van der Waals surface area contributed by atoms with Gasteiger partial charge in [0.25, 0.3) is 5.91 Å². The van der Waals surface area contributed by atoms with Crippen molar-refractivity contribution in [2.24, 2.45) is 0 Å². The molecule has 3 rings (SSSR count). The minimum atomic E-state index is -0.620. The summed E-state index contributed by atoms with van der Waals surface area (Å²) in [5.74, 6) is 1.51. The fourth-order valence-electron chi connectivity index (χ4n) is 3.70. The molecule has 6 heteroatoms. The monoisotopic (exact) mass is 332 g/mol. The van der Waals surface area contributed by atoms with Crippen molar-refractivity contribution < 1.29 is 19.1 Å². The van der Waals surface area contributed by atoms with Crippen LogP contribution < -0.4 is 14.8 Å². The van der Waals surface area contributed by atoms with Crippen LogP contribution in [0.5, 0.6) is 11.5 Å². The first-order valence-electron chi connectivity index (χ1n) is 8.45. The smallest absolute Gasteiger partial charge is 0.325 e. The van der Waals surface area contributed by atoms with E-state index in [1.807, 2.05) is 18.2 Å². The Balaban J connectivity index is 1.62. The van der Waals surface area contributed by atoms with Gasteiger partial charge in [-0.05, 0) is 49.4 Å². The van der Waals surface area contributed by atoms with Crippen LogP contribution in [0.1, 0.15) is 37.7 Å². The Morgan fingerprint density at radius 1 is 1.17 bits per heavy atom. The Labute approximate surface area is 142 Å². The molecule has 3 amide bonds. The molecule has 1 heterocycles. The molecule has 1 saturated heterocycles. The second-order valence-electron chi connectivity index (χ2n) is 6.46. The molecule has 0 aromatic heterocycles. The van der Waals surface area contributed by atoms with E-state index in [4.69, 9.17) is 9.47 Å². The average molecular weight is 332 g/mol. The van der Waals surface area contributed by atoms with Crippen molar-refractivity contribution in [3.63, 3.8) is 0 Å². The van der Waals surface area contributed by atoms with Crippen molar-refractivity contribution >= 4 is 11.9 Å². The standard InChI is InChI=1S/C18H24N2O4/c1-23-14-7-8-15(24-2)13(12-14)6-5-11-20-16(21)18(19-17(20)22)9-3-4-10-18/h7-8,12H,3-6,9-11H2,1-2H3,(H,19,22). The Morgan fingerprint density at radius 3 is 2.58 bits per heavy atom. The first-order valence-corrected chi connectivity index (χ1v) is 8.45. The number of hydrogen-bond donors (Lipinski definition) is 1. The first-order chi connectivity index (χ1) is 11.6. The fourth-order valence-corrected chi connectivity index (χ4v) is 3.70. The van der Waals surface area contributed by atoms with E-state index < -0.39 is 5.54 Å². The number of nitrogens with one attached hydrogen (secondary N) is 1. The number of urea groups is 1. The summed E-state index contributed by atoms with van der Waals surface area (Å²) in [5, 5.41) is 2.91. The van der Waals surface area contributed by atoms with Gasteiger partial charge in [-0.25, -0.2) is 4.79 Å². The summed E-state index contributed by atoms with van der Waals surface area (Å²) in [7, 11) is 3.26. The number of rotatable bonds is 6. The Hall–Kier alpha value is -2.24. The largest absolute Gasteiger partial charge is 0.497 e. The van der Waals surface area contributed by atoms with E-state index >= 15 is 0 Å². The SMILES string of the molecule is COc1ccc(OC)c(CCCN2C(=O)NC3(CCCC3)C2=O)c1. The van der Waals surface area contributed by atoms with Crippen molar-refractivity contribution in [1.29, 1.82) is 0 Å². The predicted molar refractivity (Wildman–Crippen MR) is 89.3 cm³/mol. The Morgan fingerprint density at radius 2 is 1.92 bits per heavy atom. The maximum Gasteiger partial charge on any atom is 0.325 e. The van der Waals surface area contributed by atoms with Crippen LogP contribution in [0.4, 0.5) is 4.79 Å². The minimum Gasteiger partial charge on any atom is -0.497 e. The molecule has 1 aromatic carbocycles. The molecular formula is C18H24N2O4. The predicted octanol–water partition coefficient (Wildman–Crippen LogP) is 2.50. The molecule has 0 bridgehead atoms. The van der Waals surface area contributed by atoms with Crippen LogP contribution in [0, 0.1) is 0 Å². The second kappa shape index (κ2) is 6.71. The normalized spacial score (nSPS) is 19.0. The zero-order chi connectivity index (χ0) is 17.2. The van der Waals surface area contributed by atoms with Gasteiger partial charge in [-0.1, -0.05) is 12.8 Å². The Bertz CT molecular complexity index is 638. The van der Waals surface area contributed by atoms with E-state index in [9.17, 15) is 9.59 Å². The average Bonchev–Trinajstić information content (AvgIpc) is 3.15. The molecule has 1 aliphatic carbocycles. The van der Waals surface area contributed by atoms with E-state index in [2.05, 4.69) is 5.32 Å². The van der Waals surface area contributed by atoms with Gasteiger partial charge >= 0.3 is 6.03 Å². The molecule has 1 N–H and O–H groups in total. The highest BCUT2D eigenvalue weighted by molar-refractivity contribution is 6.07. The quantitative estimate of drug-likeness (QED) is 0.813. The number of ether oxygens (including phenoxy) is 2. The lowest BCUT2D eigenvalue weighted by Gasteiger charge is -2.20. The number of aryl methyl sites for hydroxylation is 1. The van der Waals surface area contributed by atoms with Gasteiger partial charge in [0.15, 0.2) is 0 Å². The Kier molecular flexibility index (Phi) is 4.64. The summed E-state index contributed by atoms with van der Waals surface area (Å²) in [6.45, 7) is 0.423. The van der Waals surface area contributed by atoms with Crippen LogP contribution in [-0.4, -0.2) is 43.1 Å². The van der Waals surface area contributed by atoms with Gasteiger partial charge in [-0.15, -0.1) is 0 Å². The molecule has 1 aromatic rings. The number of carbonyl (C=O) groups excluding carboxylic acids is 2. The minimum absolute atomic E-state index is 0.0531. The van der Waals surface area contributed by atoms with Crippen LogP contribution in [0.2, 0.25) is 0 Å². The van der Waals surface area contributed by atoms with Gasteiger partial charge in [-0.2, -0.15) is 0 Å². The van der Waals surface area contributed by atoms with Crippen LogP contribution in [0.25, 0.3) is 0 Å². The third-order valence-corrected chi connectivity index (χ3v) is 5.02. The lowest BCUT2D eigenvalue weighted by Crippen LogP contribution is -2.44. The van der Waals surface area contributed by atoms with E-state index in [1.54, 1.807) is 14.2 Å². The van der Waals surface area contributed by atoms with Crippen LogP contribution >= 0.6 is 0 Å². The molecule has 24 heavy (non-hydrogen) atoms. The number of nitrogens with zero attached hydrogens (tertiary/aromatic N) is 1. The number of methoxy groups -OCH3 is 2. The molecule has 1 saturated carbocycles. The molecule has 0 radical (unpaired) electrons. The van der Waals surface area contributed by atoms with Gasteiger partial charge in [0.1, 0.15) is 17.0 Å². The molecule has 0 unspecified atom stereocenters. The number of amides is 3. The molecule has 2 aliphatic rings. The van der Waals surface area contributed by atoms with Crippen molar-refractivity contribution in [2.75, 3.05) is 20.8 Å². The summed E-state index contributed by atoms with van der Waals surface area (Å²) < 4.78 is 10.6. The highest BCUT2D eigenvalue weighted by atomic mass is 16.5. The number of hydrogen-bond acceptors (Lipinski definition) is 4. The fraction of sp³-hybridized carbons (Fsp3) is 0.556. The van der Waals surface area contributed by atoms with E-state index in [0.29, 0.717) is 19.4 Å². The highest BCUT2D eigenvalue weighted by Crippen LogP contribution is 2.35. The summed E-state index contributed by atoms with van der Waals surface area (Å²) >= 11 is 0. The molecule has 0 atom stereocenters. The van der Waals surface area contributed by atoms with Crippen LogP contribution in [0.3, 0.4) is 0 Å². The van der Waals surface area contributed by atoms with Gasteiger partial charge in [0.05, 0.1) is 14.2 Å². The molecule has 2 fully saturated rings. The molecule has 130 valence electrons. The summed E-state index contributed by atoms with van der Waals surface area (Å²) in [4.78, 5) is 26.1. The van der Waals surface area contributed by atoms with E-state index in [-0.39, 0.29) is 11.9 Å². The first kappa shape index (κ1) is 16.6. The van der Waals surface area contributed by atoms with Crippen molar-refractivity contribution in [2.45, 2.75) is 44.1 Å². The second-order valence-corrected chi connectivity index (χ2v) is 6.46. The van der Waals surface area contributed by atoms with Gasteiger partial charge < -0.3 is 14.8 Å². The van der Waals surface area contributed by atoms with Gasteiger partial charge in [0.2, 0.25) is 0 Å². The van der Waals surface area contributed by atoms with Gasteiger partial charge in [-0.3, -0.25) is 9.69 Å². The third kappa shape index (κ3) is 2.92. The molecular weight excluding hydrogens is 308 g/mol. The van der Waals surface area contributed by atoms with Crippen molar-refractivity contribution in [3.8, 4) is 11.5 Å².